The normalized spacial score (nSPS) is 29.2. The highest BCUT2D eigenvalue weighted by Gasteiger charge is 2.27. The predicted octanol–water partition coefficient (Wildman–Crippen LogP) is 3.10. The Kier molecular flexibility index (Phi) is 5.30. The molecule has 1 heterocycles. The summed E-state index contributed by atoms with van der Waals surface area (Å²) in [6.07, 6.45) is 1.06. The molecule has 2 nitrogen and oxygen atoms in total. The van der Waals surface area contributed by atoms with Gasteiger partial charge in [-0.15, -0.1) is 0 Å². The summed E-state index contributed by atoms with van der Waals surface area (Å²) in [4.78, 5) is 4.13. The van der Waals surface area contributed by atoms with Crippen molar-refractivity contribution in [3.8, 4) is 0 Å². The Hall–Kier alpha value is -0.0400. The van der Waals surface area contributed by atoms with Gasteiger partial charge in [0, 0.05) is 17.0 Å². The molecular formula is C9H15F3N2S2. The summed E-state index contributed by atoms with van der Waals surface area (Å²) in [6, 6.07) is 0.352. The fourth-order valence-electron chi connectivity index (χ4n) is 1.43. The summed E-state index contributed by atoms with van der Waals surface area (Å²) >= 11 is 1.58. The minimum atomic E-state index is -4.14. The van der Waals surface area contributed by atoms with E-state index in [0.29, 0.717) is 11.3 Å². The van der Waals surface area contributed by atoms with Gasteiger partial charge in [0.05, 0.1) is 6.54 Å². The van der Waals surface area contributed by atoms with E-state index in [0.717, 1.165) is 11.6 Å². The van der Waals surface area contributed by atoms with E-state index in [1.807, 2.05) is 0 Å². The van der Waals surface area contributed by atoms with Crippen molar-refractivity contribution >= 4 is 28.7 Å². The molecule has 0 aliphatic carbocycles. The maximum atomic E-state index is 11.8. The standard InChI is InChI=1S/C9H15F3N2S2/c1-6-5-7(2)16-8(14-6)13-3-4-15-9(10,11)12/h6-7H,3-5H2,1-2H3,(H,13,14). The number of hydrogen-bond donors (Lipinski definition) is 1. The van der Waals surface area contributed by atoms with Gasteiger partial charge >= 0.3 is 5.51 Å². The van der Waals surface area contributed by atoms with Gasteiger partial charge in [-0.05, 0) is 25.1 Å². The number of halogens is 3. The van der Waals surface area contributed by atoms with Crippen LogP contribution in [0.25, 0.3) is 0 Å². The minimum absolute atomic E-state index is 0.0159. The number of thioether (sulfide) groups is 2. The first-order valence-electron chi connectivity index (χ1n) is 5.05. The Morgan fingerprint density at radius 3 is 2.75 bits per heavy atom. The van der Waals surface area contributed by atoms with Gasteiger partial charge in [0.2, 0.25) is 0 Å². The molecule has 1 N–H and O–H groups in total. The van der Waals surface area contributed by atoms with Crippen molar-refractivity contribution in [2.24, 2.45) is 4.99 Å². The molecule has 1 aliphatic rings. The quantitative estimate of drug-likeness (QED) is 0.799. The second-order valence-corrected chi connectivity index (χ2v) is 6.28. The highest BCUT2D eigenvalue weighted by molar-refractivity contribution is 8.14. The van der Waals surface area contributed by atoms with Gasteiger partial charge in [-0.3, -0.25) is 4.99 Å². The largest absolute Gasteiger partial charge is 0.441 e. The number of nitrogens with one attached hydrogen (secondary N) is 1. The third-order valence-electron chi connectivity index (χ3n) is 1.98. The van der Waals surface area contributed by atoms with E-state index in [2.05, 4.69) is 24.2 Å². The first-order valence-corrected chi connectivity index (χ1v) is 6.91. The van der Waals surface area contributed by atoms with Crippen molar-refractivity contribution < 1.29 is 13.2 Å². The number of aliphatic imine (C=N–C) groups is 1. The molecule has 1 saturated heterocycles. The molecule has 0 aromatic heterocycles. The van der Waals surface area contributed by atoms with Gasteiger partial charge in [0.25, 0.3) is 0 Å². The first-order chi connectivity index (χ1) is 7.37. The summed E-state index contributed by atoms with van der Waals surface area (Å²) in [7, 11) is 0. The van der Waals surface area contributed by atoms with Crippen molar-refractivity contribution in [1.82, 2.24) is 5.32 Å². The fraction of sp³-hybridized carbons (Fsp3) is 0.889. The van der Waals surface area contributed by atoms with Crippen LogP contribution in [0.5, 0.6) is 0 Å². The lowest BCUT2D eigenvalue weighted by atomic mass is 10.2. The summed E-state index contributed by atoms with van der Waals surface area (Å²) in [5.74, 6) is -0.0159. The molecule has 0 bridgehead atoms. The molecule has 2 atom stereocenters. The Morgan fingerprint density at radius 2 is 2.19 bits per heavy atom. The van der Waals surface area contributed by atoms with E-state index >= 15 is 0 Å². The smallest absolute Gasteiger partial charge is 0.362 e. The van der Waals surface area contributed by atoms with Gasteiger partial charge in [0.1, 0.15) is 0 Å². The lowest BCUT2D eigenvalue weighted by Crippen LogP contribution is -2.38. The van der Waals surface area contributed by atoms with Gasteiger partial charge in [0.15, 0.2) is 5.17 Å². The van der Waals surface area contributed by atoms with E-state index in [1.54, 1.807) is 11.8 Å². The molecule has 16 heavy (non-hydrogen) atoms. The van der Waals surface area contributed by atoms with Crippen molar-refractivity contribution in [1.29, 1.82) is 0 Å². The van der Waals surface area contributed by atoms with Crippen LogP contribution in [0.1, 0.15) is 20.3 Å². The van der Waals surface area contributed by atoms with Crippen molar-refractivity contribution in [2.45, 2.75) is 37.1 Å². The highest BCUT2D eigenvalue weighted by atomic mass is 32.2. The third-order valence-corrected chi connectivity index (χ3v) is 3.76. The topological polar surface area (TPSA) is 24.4 Å². The number of nitrogens with zero attached hydrogens (tertiary/aromatic N) is 1. The molecule has 0 spiro atoms. The molecule has 0 radical (unpaired) electrons. The van der Waals surface area contributed by atoms with Crippen LogP contribution >= 0.6 is 23.5 Å². The molecule has 1 rings (SSSR count). The second-order valence-electron chi connectivity index (χ2n) is 3.69. The van der Waals surface area contributed by atoms with Crippen LogP contribution in [-0.4, -0.2) is 34.3 Å². The van der Waals surface area contributed by atoms with E-state index in [4.69, 9.17) is 0 Å². The molecule has 1 aliphatic heterocycles. The lowest BCUT2D eigenvalue weighted by molar-refractivity contribution is -0.0327. The maximum Gasteiger partial charge on any atom is 0.441 e. The summed E-state index contributed by atoms with van der Waals surface area (Å²) in [6.45, 7) is 4.36. The second kappa shape index (κ2) is 6.05. The van der Waals surface area contributed by atoms with E-state index in [1.165, 1.54) is 0 Å². The fourth-order valence-corrected chi connectivity index (χ4v) is 3.05. The van der Waals surface area contributed by atoms with Crippen LogP contribution in [0.4, 0.5) is 13.2 Å². The summed E-state index contributed by atoms with van der Waals surface area (Å²) in [5.41, 5.74) is -4.14. The van der Waals surface area contributed by atoms with E-state index in [-0.39, 0.29) is 24.1 Å². The number of rotatable bonds is 3. The average Bonchev–Trinajstić information content (AvgIpc) is 2.09. The Labute approximate surface area is 102 Å². The Bertz CT molecular complexity index is 244. The van der Waals surface area contributed by atoms with Gasteiger partial charge in [-0.25, -0.2) is 0 Å². The van der Waals surface area contributed by atoms with Crippen LogP contribution in [-0.2, 0) is 0 Å². The van der Waals surface area contributed by atoms with Crippen LogP contribution < -0.4 is 5.32 Å². The molecule has 0 amide bonds. The van der Waals surface area contributed by atoms with Gasteiger partial charge < -0.3 is 5.32 Å². The Balaban J connectivity index is 2.28. The van der Waals surface area contributed by atoms with E-state index in [9.17, 15) is 13.2 Å². The number of hydrogen-bond acceptors (Lipinski definition) is 3. The zero-order valence-electron chi connectivity index (χ0n) is 9.17. The van der Waals surface area contributed by atoms with Crippen LogP contribution in [0.15, 0.2) is 4.99 Å². The molecule has 94 valence electrons. The SMILES string of the molecule is CC1CC(C)SC(=NCCSC(F)(F)F)N1. The zero-order chi connectivity index (χ0) is 12.2. The summed E-state index contributed by atoms with van der Waals surface area (Å²) < 4.78 is 35.5. The molecule has 0 saturated carbocycles. The van der Waals surface area contributed by atoms with Crippen molar-refractivity contribution in [2.75, 3.05) is 12.3 Å². The monoisotopic (exact) mass is 272 g/mol. The minimum Gasteiger partial charge on any atom is -0.362 e. The molecular weight excluding hydrogens is 257 g/mol. The summed E-state index contributed by atoms with van der Waals surface area (Å²) in [5, 5.41) is 4.42. The average molecular weight is 272 g/mol. The number of alkyl halides is 3. The van der Waals surface area contributed by atoms with Crippen LogP contribution in [0, 0.1) is 0 Å². The highest BCUT2D eigenvalue weighted by Crippen LogP contribution is 2.29. The van der Waals surface area contributed by atoms with Gasteiger partial charge in [-0.1, -0.05) is 18.7 Å². The van der Waals surface area contributed by atoms with E-state index < -0.39 is 5.51 Å². The van der Waals surface area contributed by atoms with Crippen LogP contribution in [0.2, 0.25) is 0 Å². The number of amidine groups is 1. The third kappa shape index (κ3) is 5.89. The molecule has 2 unspecified atom stereocenters. The molecule has 0 aromatic carbocycles. The maximum absolute atomic E-state index is 11.8. The van der Waals surface area contributed by atoms with Crippen molar-refractivity contribution in [3.05, 3.63) is 0 Å². The van der Waals surface area contributed by atoms with Crippen molar-refractivity contribution in [3.63, 3.8) is 0 Å². The molecule has 7 heteroatoms. The molecule has 1 fully saturated rings. The molecule has 0 aromatic rings. The first kappa shape index (κ1) is 14.0. The zero-order valence-corrected chi connectivity index (χ0v) is 10.8. The van der Waals surface area contributed by atoms with Gasteiger partial charge in [-0.2, -0.15) is 13.2 Å². The predicted molar refractivity (Wildman–Crippen MR) is 65.1 cm³/mol. The Morgan fingerprint density at radius 1 is 1.50 bits per heavy atom. The lowest BCUT2D eigenvalue weighted by Gasteiger charge is -2.26. The van der Waals surface area contributed by atoms with Crippen LogP contribution in [0.3, 0.4) is 0 Å².